The predicted molar refractivity (Wildman–Crippen MR) is 89.5 cm³/mol. The second-order valence-corrected chi connectivity index (χ2v) is 6.26. The van der Waals surface area contributed by atoms with Gasteiger partial charge in [0.05, 0.1) is 25.1 Å². The number of carbonyl (C=O) groups is 1. The maximum absolute atomic E-state index is 12.6. The van der Waals surface area contributed by atoms with Crippen molar-refractivity contribution in [2.75, 3.05) is 44.7 Å². The van der Waals surface area contributed by atoms with Crippen LogP contribution in [0.5, 0.6) is 0 Å². The van der Waals surface area contributed by atoms with Crippen LogP contribution >= 0.6 is 0 Å². The predicted octanol–water partition coefficient (Wildman–Crippen LogP) is 2.19. The van der Waals surface area contributed by atoms with E-state index >= 15 is 0 Å². The Morgan fingerprint density at radius 2 is 2.17 bits per heavy atom. The summed E-state index contributed by atoms with van der Waals surface area (Å²) in [4.78, 5) is 21.1. The molecule has 0 saturated carbocycles. The Hall–Kier alpha value is -1.66. The molecule has 6 heteroatoms. The Balaban J connectivity index is 1.53. The second-order valence-electron chi connectivity index (χ2n) is 6.26. The Bertz CT molecular complexity index is 491. The van der Waals surface area contributed by atoms with Crippen molar-refractivity contribution in [1.29, 1.82) is 0 Å². The molecular formula is C17H26N4O2. The summed E-state index contributed by atoms with van der Waals surface area (Å²) in [5.41, 5.74) is 0.759. The first-order valence-corrected chi connectivity index (χ1v) is 8.61. The van der Waals surface area contributed by atoms with E-state index in [0.29, 0.717) is 6.04 Å². The van der Waals surface area contributed by atoms with E-state index in [1.54, 1.807) is 12.4 Å². The van der Waals surface area contributed by atoms with Crippen molar-refractivity contribution in [3.8, 4) is 0 Å². The van der Waals surface area contributed by atoms with Gasteiger partial charge >= 0.3 is 6.03 Å². The minimum absolute atomic E-state index is 0.00433. The smallest absolute Gasteiger partial charge is 0.322 e. The molecule has 0 aliphatic carbocycles. The van der Waals surface area contributed by atoms with Crippen LogP contribution in [0.1, 0.15) is 25.7 Å². The molecule has 2 saturated heterocycles. The molecule has 1 atom stereocenters. The molecule has 0 unspecified atom stereocenters. The molecule has 2 fully saturated rings. The van der Waals surface area contributed by atoms with Crippen molar-refractivity contribution in [1.82, 2.24) is 14.8 Å². The van der Waals surface area contributed by atoms with Gasteiger partial charge in [-0.25, -0.2) is 4.79 Å². The topological polar surface area (TPSA) is 57.7 Å². The first-order valence-electron chi connectivity index (χ1n) is 8.61. The van der Waals surface area contributed by atoms with Crippen LogP contribution in [0, 0.1) is 0 Å². The highest BCUT2D eigenvalue weighted by atomic mass is 16.5. The van der Waals surface area contributed by atoms with Crippen molar-refractivity contribution in [3.05, 3.63) is 24.5 Å². The van der Waals surface area contributed by atoms with E-state index in [1.807, 2.05) is 17.0 Å². The summed E-state index contributed by atoms with van der Waals surface area (Å²) in [7, 11) is 0. The molecule has 1 aromatic rings. The van der Waals surface area contributed by atoms with Crippen molar-refractivity contribution >= 4 is 11.7 Å². The number of ether oxygens (including phenoxy) is 1. The molecule has 1 N–H and O–H groups in total. The molecule has 2 aliphatic heterocycles. The zero-order valence-electron chi connectivity index (χ0n) is 13.6. The summed E-state index contributed by atoms with van der Waals surface area (Å²) >= 11 is 0. The zero-order chi connectivity index (χ0) is 15.9. The van der Waals surface area contributed by atoms with E-state index in [9.17, 15) is 4.79 Å². The number of urea groups is 1. The third-order valence-electron chi connectivity index (χ3n) is 4.68. The first-order chi connectivity index (χ1) is 11.3. The number of piperidine rings is 1. The van der Waals surface area contributed by atoms with Gasteiger partial charge in [-0.3, -0.25) is 9.88 Å². The van der Waals surface area contributed by atoms with Crippen molar-refractivity contribution in [3.63, 3.8) is 0 Å². The molecule has 2 aliphatic rings. The number of aromatic nitrogens is 1. The van der Waals surface area contributed by atoms with Crippen LogP contribution in [0.15, 0.2) is 24.5 Å². The van der Waals surface area contributed by atoms with Gasteiger partial charge in [-0.2, -0.15) is 0 Å². The fraction of sp³-hybridized carbons (Fsp3) is 0.647. The first kappa shape index (κ1) is 16.2. The van der Waals surface area contributed by atoms with Gasteiger partial charge in [-0.05, 0) is 37.8 Å². The largest absolute Gasteiger partial charge is 0.379 e. The molecule has 3 rings (SSSR count). The molecule has 0 aromatic carbocycles. The number of likely N-dealkylation sites (tertiary alicyclic amines) is 1. The molecule has 6 nitrogen and oxygen atoms in total. The number of hydrogen-bond acceptors (Lipinski definition) is 4. The van der Waals surface area contributed by atoms with Gasteiger partial charge in [0.25, 0.3) is 0 Å². The van der Waals surface area contributed by atoms with Gasteiger partial charge in [0, 0.05) is 38.4 Å². The summed E-state index contributed by atoms with van der Waals surface area (Å²) in [5.74, 6) is 0. The van der Waals surface area contributed by atoms with Crippen LogP contribution < -0.4 is 5.32 Å². The molecule has 1 aromatic heterocycles. The summed E-state index contributed by atoms with van der Waals surface area (Å²) in [5, 5.41) is 2.97. The van der Waals surface area contributed by atoms with Gasteiger partial charge in [0.2, 0.25) is 0 Å². The Morgan fingerprint density at radius 3 is 2.96 bits per heavy atom. The van der Waals surface area contributed by atoms with E-state index < -0.39 is 0 Å². The van der Waals surface area contributed by atoms with Gasteiger partial charge < -0.3 is 15.0 Å². The summed E-state index contributed by atoms with van der Waals surface area (Å²) in [6, 6.07) is 4.05. The highest BCUT2D eigenvalue weighted by Gasteiger charge is 2.27. The van der Waals surface area contributed by atoms with E-state index in [4.69, 9.17) is 4.74 Å². The van der Waals surface area contributed by atoms with Gasteiger partial charge in [-0.1, -0.05) is 0 Å². The average Bonchev–Trinajstić information content (AvgIpc) is 2.62. The molecule has 3 heterocycles. The maximum Gasteiger partial charge on any atom is 0.322 e. The number of morpholine rings is 1. The van der Waals surface area contributed by atoms with Crippen molar-refractivity contribution < 1.29 is 9.53 Å². The number of rotatable bonds is 4. The number of nitrogens with one attached hydrogen (secondary N) is 1. The zero-order valence-corrected chi connectivity index (χ0v) is 13.6. The lowest BCUT2D eigenvalue weighted by atomic mass is 9.99. The SMILES string of the molecule is O=C(Nc1cccnc1)N1CCCC[C@H]1CCN1CCOCC1. The van der Waals surface area contributed by atoms with Crippen LogP contribution in [-0.4, -0.2) is 66.2 Å². The lowest BCUT2D eigenvalue weighted by molar-refractivity contribution is 0.0329. The van der Waals surface area contributed by atoms with Crippen molar-refractivity contribution in [2.24, 2.45) is 0 Å². The average molecular weight is 318 g/mol. The number of amides is 2. The molecular weight excluding hydrogens is 292 g/mol. The Labute approximate surface area is 137 Å². The number of pyridine rings is 1. The fourth-order valence-electron chi connectivity index (χ4n) is 3.36. The summed E-state index contributed by atoms with van der Waals surface area (Å²) < 4.78 is 5.40. The third kappa shape index (κ3) is 4.65. The lowest BCUT2D eigenvalue weighted by Crippen LogP contribution is -2.48. The molecule has 126 valence electrons. The monoisotopic (exact) mass is 318 g/mol. The van der Waals surface area contributed by atoms with Crippen LogP contribution in [0.4, 0.5) is 10.5 Å². The maximum atomic E-state index is 12.6. The minimum Gasteiger partial charge on any atom is -0.379 e. The molecule has 0 bridgehead atoms. The summed E-state index contributed by atoms with van der Waals surface area (Å²) in [6.45, 7) is 5.57. The normalized spacial score (nSPS) is 22.8. The molecule has 2 amide bonds. The van der Waals surface area contributed by atoms with Gasteiger partial charge in [-0.15, -0.1) is 0 Å². The van der Waals surface area contributed by atoms with E-state index in [-0.39, 0.29) is 6.03 Å². The number of anilines is 1. The number of carbonyl (C=O) groups excluding carboxylic acids is 1. The molecule has 23 heavy (non-hydrogen) atoms. The third-order valence-corrected chi connectivity index (χ3v) is 4.68. The highest BCUT2D eigenvalue weighted by molar-refractivity contribution is 5.89. The molecule has 0 radical (unpaired) electrons. The van der Waals surface area contributed by atoms with E-state index in [2.05, 4.69) is 15.2 Å². The van der Waals surface area contributed by atoms with Crippen molar-refractivity contribution in [2.45, 2.75) is 31.7 Å². The van der Waals surface area contributed by atoms with E-state index in [0.717, 1.165) is 64.3 Å². The van der Waals surface area contributed by atoms with Crippen LogP contribution in [0.3, 0.4) is 0 Å². The fourth-order valence-corrected chi connectivity index (χ4v) is 3.36. The Kier molecular flexibility index (Phi) is 5.82. The summed E-state index contributed by atoms with van der Waals surface area (Å²) in [6.07, 6.45) is 7.84. The van der Waals surface area contributed by atoms with Gasteiger partial charge in [0.15, 0.2) is 0 Å². The number of hydrogen-bond donors (Lipinski definition) is 1. The lowest BCUT2D eigenvalue weighted by Gasteiger charge is -2.37. The Morgan fingerprint density at radius 1 is 1.30 bits per heavy atom. The standard InChI is InChI=1S/C17H26N4O2/c22-17(19-15-4-3-7-18-14-15)21-8-2-1-5-16(21)6-9-20-10-12-23-13-11-20/h3-4,7,14,16H,1-2,5-6,8-13H2,(H,19,22)/t16-/m0/s1. The van der Waals surface area contributed by atoms with Crippen LogP contribution in [0.25, 0.3) is 0 Å². The molecule has 0 spiro atoms. The quantitative estimate of drug-likeness (QED) is 0.924. The highest BCUT2D eigenvalue weighted by Crippen LogP contribution is 2.21. The second kappa shape index (κ2) is 8.26. The van der Waals surface area contributed by atoms with Crippen LogP contribution in [-0.2, 0) is 4.74 Å². The van der Waals surface area contributed by atoms with Crippen LogP contribution in [0.2, 0.25) is 0 Å². The number of nitrogens with zero attached hydrogens (tertiary/aromatic N) is 3. The van der Waals surface area contributed by atoms with E-state index in [1.165, 1.54) is 6.42 Å². The van der Waals surface area contributed by atoms with Gasteiger partial charge in [0.1, 0.15) is 0 Å². The minimum atomic E-state index is 0.00433.